The van der Waals surface area contributed by atoms with Crippen LogP contribution in [0.25, 0.3) is 0 Å². The van der Waals surface area contributed by atoms with Crippen molar-refractivity contribution in [3.63, 3.8) is 0 Å². The van der Waals surface area contributed by atoms with Gasteiger partial charge in [-0.15, -0.1) is 0 Å². The zero-order valence-electron chi connectivity index (χ0n) is 14.9. The highest BCUT2D eigenvalue weighted by Gasteiger charge is 2.61. The number of methoxy groups -OCH3 is 1. The molecule has 0 aromatic heterocycles. The first-order chi connectivity index (χ1) is 10.1. The average molecular weight is 303 g/mol. The van der Waals surface area contributed by atoms with E-state index in [1.165, 1.54) is 12.7 Å². The highest BCUT2D eigenvalue weighted by atomic mass is 16.5. The maximum absolute atomic E-state index is 11.5. The van der Waals surface area contributed by atoms with Crippen molar-refractivity contribution in [2.24, 2.45) is 5.41 Å². The van der Waals surface area contributed by atoms with E-state index in [9.17, 15) is 4.79 Å². The van der Waals surface area contributed by atoms with E-state index in [0.717, 1.165) is 6.42 Å². The van der Waals surface area contributed by atoms with E-state index < -0.39 is 0 Å². The fourth-order valence-corrected chi connectivity index (χ4v) is 4.29. The molecule has 1 heterocycles. The number of hydrogen-bond acceptors (Lipinski definition) is 3. The second-order valence-electron chi connectivity index (χ2n) is 7.52. The Kier molecular flexibility index (Phi) is 4.40. The molecule has 0 aliphatic carbocycles. The zero-order chi connectivity index (χ0) is 16.7. The molecule has 3 nitrogen and oxygen atoms in total. The van der Waals surface area contributed by atoms with Crippen LogP contribution >= 0.6 is 0 Å². The zero-order valence-corrected chi connectivity index (χ0v) is 14.9. The maximum Gasteiger partial charge on any atom is 0.337 e. The van der Waals surface area contributed by atoms with Gasteiger partial charge >= 0.3 is 5.97 Å². The summed E-state index contributed by atoms with van der Waals surface area (Å²) in [6.45, 7) is 13.9. The molecule has 2 atom stereocenters. The van der Waals surface area contributed by atoms with Gasteiger partial charge in [-0.25, -0.2) is 4.79 Å². The van der Waals surface area contributed by atoms with Gasteiger partial charge in [0.25, 0.3) is 0 Å². The molecule has 0 amide bonds. The smallest absolute Gasteiger partial charge is 0.337 e. The summed E-state index contributed by atoms with van der Waals surface area (Å²) in [7, 11) is 1.41. The van der Waals surface area contributed by atoms with E-state index in [1.807, 2.05) is 12.1 Å². The van der Waals surface area contributed by atoms with Gasteiger partial charge in [0, 0.05) is 23.0 Å². The van der Waals surface area contributed by atoms with Gasteiger partial charge in [-0.05, 0) is 58.7 Å². The Labute approximate surface area is 134 Å². The molecule has 1 aliphatic heterocycles. The highest BCUT2D eigenvalue weighted by Crippen LogP contribution is 2.54. The van der Waals surface area contributed by atoms with Crippen molar-refractivity contribution in [3.05, 3.63) is 35.4 Å². The summed E-state index contributed by atoms with van der Waals surface area (Å²) < 4.78 is 4.75. The minimum absolute atomic E-state index is 0.168. The van der Waals surface area contributed by atoms with Crippen LogP contribution in [-0.2, 0) is 11.2 Å². The molecule has 0 saturated carbocycles. The topological polar surface area (TPSA) is 29.5 Å². The van der Waals surface area contributed by atoms with Crippen LogP contribution in [0, 0.1) is 5.41 Å². The van der Waals surface area contributed by atoms with Crippen molar-refractivity contribution >= 4 is 5.97 Å². The molecule has 1 fully saturated rings. The van der Waals surface area contributed by atoms with Crippen LogP contribution < -0.4 is 0 Å². The first-order valence-corrected chi connectivity index (χ1v) is 8.11. The summed E-state index contributed by atoms with van der Waals surface area (Å²) >= 11 is 0. The molecule has 3 heteroatoms. The first kappa shape index (κ1) is 17.0. The minimum Gasteiger partial charge on any atom is -0.465 e. The predicted molar refractivity (Wildman–Crippen MR) is 90.1 cm³/mol. The Morgan fingerprint density at radius 3 is 2.18 bits per heavy atom. The van der Waals surface area contributed by atoms with Gasteiger partial charge < -0.3 is 4.74 Å². The van der Waals surface area contributed by atoms with Crippen LogP contribution in [0.1, 0.15) is 57.5 Å². The number of likely N-dealkylation sites (tertiary alicyclic amines) is 1. The van der Waals surface area contributed by atoms with E-state index in [0.29, 0.717) is 17.6 Å². The second kappa shape index (κ2) is 5.69. The van der Waals surface area contributed by atoms with Crippen molar-refractivity contribution in [2.75, 3.05) is 7.11 Å². The van der Waals surface area contributed by atoms with Gasteiger partial charge in [0.1, 0.15) is 0 Å². The van der Waals surface area contributed by atoms with Gasteiger partial charge in [-0.1, -0.05) is 19.1 Å². The molecule has 0 bridgehead atoms. The van der Waals surface area contributed by atoms with Crippen molar-refractivity contribution in [1.29, 1.82) is 0 Å². The lowest BCUT2D eigenvalue weighted by Gasteiger charge is -2.69. The fraction of sp³-hybridized carbons (Fsp3) is 0.632. The van der Waals surface area contributed by atoms with E-state index in [2.05, 4.69) is 58.6 Å². The monoisotopic (exact) mass is 303 g/mol. The van der Waals surface area contributed by atoms with Crippen molar-refractivity contribution in [3.8, 4) is 0 Å². The molecule has 0 spiro atoms. The van der Waals surface area contributed by atoms with E-state index >= 15 is 0 Å². The largest absolute Gasteiger partial charge is 0.465 e. The van der Waals surface area contributed by atoms with Crippen LogP contribution in [0.3, 0.4) is 0 Å². The summed E-state index contributed by atoms with van der Waals surface area (Å²) in [5.74, 6) is -0.277. The lowest BCUT2D eigenvalue weighted by Crippen LogP contribution is -2.77. The Balaban J connectivity index is 2.18. The molecule has 2 rings (SSSR count). The Morgan fingerprint density at radius 2 is 1.77 bits per heavy atom. The summed E-state index contributed by atoms with van der Waals surface area (Å²) in [4.78, 5) is 14.1. The van der Waals surface area contributed by atoms with E-state index in [4.69, 9.17) is 4.74 Å². The number of hydrogen-bond donors (Lipinski definition) is 0. The normalized spacial score (nSPS) is 27.5. The number of benzene rings is 1. The number of ether oxygens (including phenoxy) is 1. The molecule has 0 radical (unpaired) electrons. The Morgan fingerprint density at radius 1 is 1.23 bits per heavy atom. The number of nitrogens with zero attached hydrogens (tertiary/aromatic N) is 1. The molecule has 1 aliphatic rings. The fourth-order valence-electron chi connectivity index (χ4n) is 4.29. The molecule has 2 unspecified atom stereocenters. The lowest BCUT2D eigenvalue weighted by atomic mass is 9.55. The quantitative estimate of drug-likeness (QED) is 0.790. The van der Waals surface area contributed by atoms with Gasteiger partial charge in [0.15, 0.2) is 0 Å². The standard InChI is InChI=1S/C19H29NO2/c1-13(2)20-14(3)19(6,18(20,4)5)12-15-8-10-16(11-9-15)17(21)22-7/h8-11,13-14H,12H2,1-7H3. The van der Waals surface area contributed by atoms with Crippen LogP contribution in [0.5, 0.6) is 0 Å². The SMILES string of the molecule is COC(=O)c1ccc(CC2(C)C(C)N(C(C)C)C2(C)C)cc1. The Hall–Kier alpha value is -1.35. The highest BCUT2D eigenvalue weighted by molar-refractivity contribution is 5.89. The van der Waals surface area contributed by atoms with Crippen LogP contribution in [0.4, 0.5) is 0 Å². The lowest BCUT2D eigenvalue weighted by molar-refractivity contribution is -0.194. The van der Waals surface area contributed by atoms with Crippen LogP contribution in [-0.4, -0.2) is 35.6 Å². The molecular formula is C19H29NO2. The molecule has 1 aromatic rings. The van der Waals surface area contributed by atoms with Crippen molar-refractivity contribution in [2.45, 2.75) is 65.6 Å². The number of carbonyl (C=O) groups excluding carboxylic acids is 1. The third kappa shape index (κ3) is 2.45. The average Bonchev–Trinajstić information content (AvgIpc) is 2.46. The third-order valence-corrected chi connectivity index (χ3v) is 5.89. The van der Waals surface area contributed by atoms with Crippen molar-refractivity contribution < 1.29 is 9.53 Å². The maximum atomic E-state index is 11.5. The number of carbonyl (C=O) groups is 1. The van der Waals surface area contributed by atoms with Crippen molar-refractivity contribution in [1.82, 2.24) is 4.90 Å². The summed E-state index contributed by atoms with van der Waals surface area (Å²) in [6, 6.07) is 8.93. The van der Waals surface area contributed by atoms with Crippen LogP contribution in [0.15, 0.2) is 24.3 Å². The molecule has 1 saturated heterocycles. The molecule has 22 heavy (non-hydrogen) atoms. The van der Waals surface area contributed by atoms with E-state index in [1.54, 1.807) is 0 Å². The van der Waals surface area contributed by atoms with Gasteiger partial charge in [-0.3, -0.25) is 4.90 Å². The Bertz CT molecular complexity index is 547. The molecule has 0 N–H and O–H groups in total. The van der Waals surface area contributed by atoms with Gasteiger partial charge in [-0.2, -0.15) is 0 Å². The molecule has 1 aromatic carbocycles. The minimum atomic E-state index is -0.277. The van der Waals surface area contributed by atoms with Gasteiger partial charge in [0.05, 0.1) is 12.7 Å². The summed E-state index contributed by atoms with van der Waals surface area (Å²) in [6.07, 6.45) is 1.02. The van der Waals surface area contributed by atoms with E-state index in [-0.39, 0.29) is 16.9 Å². The first-order valence-electron chi connectivity index (χ1n) is 8.11. The molecular weight excluding hydrogens is 274 g/mol. The number of esters is 1. The number of rotatable bonds is 4. The van der Waals surface area contributed by atoms with Gasteiger partial charge in [0.2, 0.25) is 0 Å². The van der Waals surface area contributed by atoms with Crippen LogP contribution in [0.2, 0.25) is 0 Å². The summed E-state index contributed by atoms with van der Waals surface area (Å²) in [5.41, 5.74) is 2.28. The third-order valence-electron chi connectivity index (χ3n) is 5.89. The predicted octanol–water partition coefficient (Wildman–Crippen LogP) is 3.91. The second-order valence-corrected chi connectivity index (χ2v) is 7.52. The molecule has 122 valence electrons. The summed E-state index contributed by atoms with van der Waals surface area (Å²) in [5, 5.41) is 0.